The van der Waals surface area contributed by atoms with Crippen LogP contribution >= 0.6 is 11.3 Å². The summed E-state index contributed by atoms with van der Waals surface area (Å²) in [5.74, 6) is -2.03. The van der Waals surface area contributed by atoms with Gasteiger partial charge in [0.1, 0.15) is 18.0 Å². The first-order valence-corrected chi connectivity index (χ1v) is 9.70. The minimum Gasteiger partial charge on any atom is -0.497 e. The Morgan fingerprint density at radius 1 is 1.23 bits per heavy atom. The normalized spacial score (nSPS) is 12.2. The average Bonchev–Trinajstić information content (AvgIpc) is 2.90. The van der Waals surface area contributed by atoms with Crippen molar-refractivity contribution in [2.24, 2.45) is 4.99 Å². The molecule has 0 saturated heterocycles. The van der Waals surface area contributed by atoms with Crippen LogP contribution in [0.25, 0.3) is 10.2 Å². The molecule has 2 rings (SSSR count). The maximum absolute atomic E-state index is 12.0. The molecule has 11 heteroatoms. The number of amides is 1. The van der Waals surface area contributed by atoms with E-state index in [1.807, 2.05) is 0 Å². The highest BCUT2D eigenvalue weighted by atomic mass is 32.2. The third kappa shape index (κ3) is 4.35. The monoisotopic (exact) mass is 400 g/mol. The lowest BCUT2D eigenvalue weighted by molar-refractivity contribution is -0.141. The molecule has 1 heterocycles. The second kappa shape index (κ2) is 7.79. The molecular formula is C15H16N2O7S2. The van der Waals surface area contributed by atoms with Crippen molar-refractivity contribution in [2.45, 2.75) is 13.5 Å². The summed E-state index contributed by atoms with van der Waals surface area (Å²) < 4.78 is 35.0. The number of thiazole rings is 1. The molecule has 0 aliphatic heterocycles. The van der Waals surface area contributed by atoms with E-state index in [0.29, 0.717) is 16.0 Å². The first-order valence-electron chi connectivity index (χ1n) is 7.23. The summed E-state index contributed by atoms with van der Waals surface area (Å²) in [5.41, 5.74) is 0.599. The third-order valence-electron chi connectivity index (χ3n) is 3.38. The van der Waals surface area contributed by atoms with E-state index in [9.17, 15) is 22.8 Å². The number of ether oxygens (including phenoxy) is 2. The van der Waals surface area contributed by atoms with Crippen molar-refractivity contribution in [1.82, 2.24) is 4.57 Å². The van der Waals surface area contributed by atoms with E-state index in [0.717, 1.165) is 18.3 Å². The zero-order valence-electron chi connectivity index (χ0n) is 14.2. The third-order valence-corrected chi connectivity index (χ3v) is 5.92. The molecule has 0 saturated carbocycles. The molecule has 0 unspecified atom stereocenters. The summed E-state index contributed by atoms with van der Waals surface area (Å²) in [6.45, 7) is 0.653. The number of carbonyl (C=O) groups excluding carboxylic acids is 3. The lowest BCUT2D eigenvalue weighted by Gasteiger charge is -2.04. The van der Waals surface area contributed by atoms with Crippen LogP contribution in [0, 0.1) is 0 Å². The first-order chi connectivity index (χ1) is 12.2. The molecule has 1 aromatic carbocycles. The molecule has 0 spiro atoms. The standard InChI is InChI=1S/C15H16N2O7S2/c1-9(18)26(21,22)8-13(19)16-15-17(7-14(20)24-3)11-5-4-10(23-2)6-12(11)25-15/h4-6H,7-8H2,1-3H3. The zero-order chi connectivity index (χ0) is 19.5. The van der Waals surface area contributed by atoms with Gasteiger partial charge in [0.15, 0.2) is 4.80 Å². The number of benzene rings is 1. The summed E-state index contributed by atoms with van der Waals surface area (Å²) in [5, 5.41) is -1.11. The molecule has 0 fully saturated rings. The van der Waals surface area contributed by atoms with Gasteiger partial charge in [0.05, 0.1) is 24.4 Å². The fourth-order valence-electron chi connectivity index (χ4n) is 2.02. The van der Waals surface area contributed by atoms with Gasteiger partial charge in [0, 0.05) is 6.92 Å². The molecule has 0 N–H and O–H groups in total. The van der Waals surface area contributed by atoms with E-state index in [2.05, 4.69) is 9.73 Å². The number of hydrogen-bond acceptors (Lipinski definition) is 8. The Morgan fingerprint density at radius 3 is 2.50 bits per heavy atom. The van der Waals surface area contributed by atoms with Crippen LogP contribution in [0.2, 0.25) is 0 Å². The van der Waals surface area contributed by atoms with Crippen LogP contribution in [0.1, 0.15) is 6.92 Å². The Hall–Kier alpha value is -2.53. The molecule has 0 aliphatic rings. The quantitative estimate of drug-likeness (QED) is 0.661. The lowest BCUT2D eigenvalue weighted by Crippen LogP contribution is -2.25. The van der Waals surface area contributed by atoms with Crippen LogP contribution in [0.5, 0.6) is 5.75 Å². The van der Waals surface area contributed by atoms with Crippen molar-refractivity contribution in [3.05, 3.63) is 23.0 Å². The van der Waals surface area contributed by atoms with Gasteiger partial charge >= 0.3 is 5.97 Å². The van der Waals surface area contributed by atoms with Gasteiger partial charge in [-0.05, 0) is 18.2 Å². The lowest BCUT2D eigenvalue weighted by atomic mass is 10.3. The number of aromatic nitrogens is 1. The molecule has 2 aromatic rings. The van der Waals surface area contributed by atoms with Gasteiger partial charge < -0.3 is 14.0 Å². The Labute approximate surface area is 152 Å². The van der Waals surface area contributed by atoms with Crippen molar-refractivity contribution in [2.75, 3.05) is 20.0 Å². The topological polar surface area (TPSA) is 121 Å². The zero-order valence-corrected chi connectivity index (χ0v) is 15.8. The fraction of sp³-hybridized carbons (Fsp3) is 0.333. The number of sulfone groups is 1. The molecule has 9 nitrogen and oxygen atoms in total. The molecular weight excluding hydrogens is 384 g/mol. The minimum absolute atomic E-state index is 0.113. The van der Waals surface area contributed by atoms with E-state index in [1.54, 1.807) is 18.2 Å². The molecule has 1 aromatic heterocycles. The highest BCUT2D eigenvalue weighted by molar-refractivity contribution is 8.06. The molecule has 26 heavy (non-hydrogen) atoms. The van der Waals surface area contributed by atoms with Gasteiger partial charge in [-0.2, -0.15) is 4.99 Å². The fourth-order valence-corrected chi connectivity index (χ4v) is 3.68. The van der Waals surface area contributed by atoms with E-state index >= 15 is 0 Å². The molecule has 1 amide bonds. The van der Waals surface area contributed by atoms with Crippen LogP contribution < -0.4 is 9.54 Å². The number of methoxy groups -OCH3 is 2. The number of fused-ring (bicyclic) bond motifs is 1. The van der Waals surface area contributed by atoms with Crippen molar-refractivity contribution in [3.63, 3.8) is 0 Å². The summed E-state index contributed by atoms with van der Waals surface area (Å²) in [4.78, 5) is 38.6. The summed E-state index contributed by atoms with van der Waals surface area (Å²) in [7, 11) is -1.47. The van der Waals surface area contributed by atoms with Gasteiger partial charge in [-0.25, -0.2) is 8.42 Å². The number of carbonyl (C=O) groups is 3. The smallest absolute Gasteiger partial charge is 0.325 e. The van der Waals surface area contributed by atoms with E-state index in [4.69, 9.17) is 4.74 Å². The second-order valence-electron chi connectivity index (χ2n) is 5.14. The average molecular weight is 400 g/mol. The predicted molar refractivity (Wildman–Crippen MR) is 93.4 cm³/mol. The first kappa shape index (κ1) is 19.8. The van der Waals surface area contributed by atoms with Gasteiger partial charge in [-0.15, -0.1) is 0 Å². The van der Waals surface area contributed by atoms with Crippen LogP contribution in [-0.2, 0) is 35.5 Å². The second-order valence-corrected chi connectivity index (χ2v) is 8.24. The van der Waals surface area contributed by atoms with Crippen LogP contribution in [0.15, 0.2) is 23.2 Å². The van der Waals surface area contributed by atoms with Gasteiger partial charge in [0.25, 0.3) is 5.91 Å². The SMILES string of the molecule is COC(=O)Cn1c(=NC(=O)CS(=O)(=O)C(C)=O)sc2cc(OC)ccc21. The van der Waals surface area contributed by atoms with E-state index in [1.165, 1.54) is 18.8 Å². The molecule has 0 radical (unpaired) electrons. The Bertz CT molecular complexity index is 1050. The predicted octanol–water partition coefficient (Wildman–Crippen LogP) is 0.273. The van der Waals surface area contributed by atoms with E-state index < -0.39 is 32.6 Å². The number of rotatable bonds is 5. The van der Waals surface area contributed by atoms with Gasteiger partial charge in [-0.1, -0.05) is 11.3 Å². The van der Waals surface area contributed by atoms with Gasteiger partial charge in [-0.3, -0.25) is 14.4 Å². The number of hydrogen-bond donors (Lipinski definition) is 0. The van der Waals surface area contributed by atoms with Crippen molar-refractivity contribution >= 4 is 48.4 Å². The molecule has 0 bridgehead atoms. The van der Waals surface area contributed by atoms with Crippen LogP contribution in [0.4, 0.5) is 0 Å². The van der Waals surface area contributed by atoms with Crippen LogP contribution in [0.3, 0.4) is 0 Å². The van der Waals surface area contributed by atoms with Crippen LogP contribution in [-0.4, -0.2) is 49.9 Å². The highest BCUT2D eigenvalue weighted by Crippen LogP contribution is 2.23. The van der Waals surface area contributed by atoms with Crippen molar-refractivity contribution in [1.29, 1.82) is 0 Å². The highest BCUT2D eigenvalue weighted by Gasteiger charge is 2.22. The Kier molecular flexibility index (Phi) is 5.93. The summed E-state index contributed by atoms with van der Waals surface area (Å²) in [6, 6.07) is 5.06. The maximum atomic E-state index is 12.0. The Morgan fingerprint density at radius 2 is 1.92 bits per heavy atom. The maximum Gasteiger partial charge on any atom is 0.325 e. The minimum atomic E-state index is -4.20. The van der Waals surface area contributed by atoms with Gasteiger partial charge in [0.2, 0.25) is 15.0 Å². The number of esters is 1. The summed E-state index contributed by atoms with van der Waals surface area (Å²) >= 11 is 1.08. The molecule has 0 atom stereocenters. The van der Waals surface area contributed by atoms with Crippen molar-refractivity contribution in [3.8, 4) is 5.75 Å². The molecule has 0 aliphatic carbocycles. The molecule has 140 valence electrons. The van der Waals surface area contributed by atoms with Crippen molar-refractivity contribution < 1.29 is 32.3 Å². The Balaban J connectivity index is 2.56. The van der Waals surface area contributed by atoms with E-state index in [-0.39, 0.29) is 11.3 Å². The number of nitrogens with zero attached hydrogens (tertiary/aromatic N) is 2. The largest absolute Gasteiger partial charge is 0.497 e. The summed E-state index contributed by atoms with van der Waals surface area (Å²) in [6.07, 6.45) is 0.